The maximum atomic E-state index is 13.0. The highest BCUT2D eigenvalue weighted by atomic mass is 16.2. The molecule has 112 valence electrons. The highest BCUT2D eigenvalue weighted by molar-refractivity contribution is 5.87. The van der Waals surface area contributed by atoms with E-state index < -0.39 is 0 Å². The zero-order valence-electron chi connectivity index (χ0n) is 12.6. The molecule has 0 bridgehead atoms. The molecule has 2 aliphatic heterocycles. The molecule has 1 N–H and O–H groups in total. The van der Waals surface area contributed by atoms with Crippen molar-refractivity contribution in [1.29, 1.82) is 0 Å². The summed E-state index contributed by atoms with van der Waals surface area (Å²) < 4.78 is 0. The van der Waals surface area contributed by atoms with Gasteiger partial charge in [0.2, 0.25) is 5.91 Å². The fourth-order valence-electron chi connectivity index (χ4n) is 4.55. The SMILES string of the molecule is O=C(C1Cc2ccccc2N1)N1CCCC2CCCCC21. The number of amides is 1. The van der Waals surface area contributed by atoms with Crippen molar-refractivity contribution in [1.82, 2.24) is 4.90 Å². The van der Waals surface area contributed by atoms with E-state index in [-0.39, 0.29) is 6.04 Å². The summed E-state index contributed by atoms with van der Waals surface area (Å²) in [7, 11) is 0. The minimum Gasteiger partial charge on any atom is -0.373 e. The third-order valence-electron chi connectivity index (χ3n) is 5.60. The van der Waals surface area contributed by atoms with E-state index >= 15 is 0 Å². The fraction of sp³-hybridized carbons (Fsp3) is 0.611. The van der Waals surface area contributed by atoms with Gasteiger partial charge in [0.25, 0.3) is 0 Å². The molecule has 1 aliphatic carbocycles. The van der Waals surface area contributed by atoms with Crippen molar-refractivity contribution in [3.8, 4) is 0 Å². The van der Waals surface area contributed by atoms with Crippen LogP contribution >= 0.6 is 0 Å². The molecule has 1 aromatic carbocycles. The molecule has 1 aromatic rings. The van der Waals surface area contributed by atoms with Crippen molar-refractivity contribution >= 4 is 11.6 Å². The van der Waals surface area contributed by atoms with Gasteiger partial charge in [-0.25, -0.2) is 0 Å². The zero-order chi connectivity index (χ0) is 14.2. The number of carbonyl (C=O) groups excluding carboxylic acids is 1. The number of carbonyl (C=O) groups is 1. The normalized spacial score (nSPS) is 31.2. The molecule has 21 heavy (non-hydrogen) atoms. The molecular weight excluding hydrogens is 260 g/mol. The van der Waals surface area contributed by atoms with Gasteiger partial charge in [0, 0.05) is 24.7 Å². The first-order valence-electron chi connectivity index (χ1n) is 8.48. The van der Waals surface area contributed by atoms with E-state index in [4.69, 9.17) is 0 Å². The minimum absolute atomic E-state index is 0.0388. The lowest BCUT2D eigenvalue weighted by Gasteiger charge is -2.45. The number of hydrogen-bond donors (Lipinski definition) is 1. The van der Waals surface area contributed by atoms with Gasteiger partial charge in [-0.2, -0.15) is 0 Å². The number of piperidine rings is 1. The predicted octanol–water partition coefficient (Wildman–Crippen LogP) is 3.20. The van der Waals surface area contributed by atoms with Gasteiger partial charge in [-0.1, -0.05) is 31.0 Å². The molecule has 1 amide bonds. The molecule has 3 nitrogen and oxygen atoms in total. The molecule has 0 spiro atoms. The number of nitrogens with zero attached hydrogens (tertiary/aromatic N) is 1. The van der Waals surface area contributed by atoms with E-state index in [0.29, 0.717) is 11.9 Å². The molecule has 0 radical (unpaired) electrons. The van der Waals surface area contributed by atoms with E-state index in [2.05, 4.69) is 28.4 Å². The second kappa shape index (κ2) is 5.36. The number of hydrogen-bond acceptors (Lipinski definition) is 2. The van der Waals surface area contributed by atoms with Crippen LogP contribution in [-0.2, 0) is 11.2 Å². The Morgan fingerprint density at radius 1 is 1.10 bits per heavy atom. The number of para-hydroxylation sites is 1. The summed E-state index contributed by atoms with van der Waals surface area (Å²) in [5.41, 5.74) is 2.43. The van der Waals surface area contributed by atoms with Gasteiger partial charge < -0.3 is 10.2 Å². The van der Waals surface area contributed by atoms with Gasteiger partial charge in [-0.15, -0.1) is 0 Å². The van der Waals surface area contributed by atoms with Crippen molar-refractivity contribution in [2.24, 2.45) is 5.92 Å². The largest absolute Gasteiger partial charge is 0.373 e. The highest BCUT2D eigenvalue weighted by Crippen LogP contribution is 2.36. The number of fused-ring (bicyclic) bond motifs is 2. The van der Waals surface area contributed by atoms with E-state index in [1.165, 1.54) is 44.1 Å². The van der Waals surface area contributed by atoms with Gasteiger partial charge in [-0.3, -0.25) is 4.79 Å². The zero-order valence-corrected chi connectivity index (χ0v) is 12.6. The molecule has 2 heterocycles. The Labute approximate surface area is 126 Å². The van der Waals surface area contributed by atoms with Crippen molar-refractivity contribution < 1.29 is 4.79 Å². The highest BCUT2D eigenvalue weighted by Gasteiger charge is 2.39. The van der Waals surface area contributed by atoms with Gasteiger partial charge in [0.05, 0.1) is 0 Å². The summed E-state index contributed by atoms with van der Waals surface area (Å²) in [5, 5.41) is 3.44. The van der Waals surface area contributed by atoms with Gasteiger partial charge in [-0.05, 0) is 43.2 Å². The van der Waals surface area contributed by atoms with Gasteiger partial charge >= 0.3 is 0 Å². The van der Waals surface area contributed by atoms with E-state index in [1.54, 1.807) is 0 Å². The Morgan fingerprint density at radius 2 is 1.90 bits per heavy atom. The first-order chi connectivity index (χ1) is 10.3. The van der Waals surface area contributed by atoms with Crippen LogP contribution in [0, 0.1) is 5.92 Å². The number of likely N-dealkylation sites (tertiary alicyclic amines) is 1. The van der Waals surface area contributed by atoms with Crippen molar-refractivity contribution in [3.63, 3.8) is 0 Å². The smallest absolute Gasteiger partial charge is 0.245 e. The van der Waals surface area contributed by atoms with Crippen LogP contribution in [0.1, 0.15) is 44.1 Å². The van der Waals surface area contributed by atoms with E-state index in [1.807, 2.05) is 6.07 Å². The summed E-state index contributed by atoms with van der Waals surface area (Å²) >= 11 is 0. The van der Waals surface area contributed by atoms with Crippen molar-refractivity contribution in [2.75, 3.05) is 11.9 Å². The molecule has 1 saturated carbocycles. The minimum atomic E-state index is -0.0388. The Morgan fingerprint density at radius 3 is 2.81 bits per heavy atom. The van der Waals surface area contributed by atoms with Crippen LogP contribution in [0.2, 0.25) is 0 Å². The van der Waals surface area contributed by atoms with Gasteiger partial charge in [0.1, 0.15) is 6.04 Å². The van der Waals surface area contributed by atoms with E-state index in [0.717, 1.165) is 24.6 Å². The number of benzene rings is 1. The summed E-state index contributed by atoms with van der Waals surface area (Å²) in [6, 6.07) is 8.80. The third kappa shape index (κ3) is 2.33. The monoisotopic (exact) mass is 284 g/mol. The molecule has 3 atom stereocenters. The van der Waals surface area contributed by atoms with Crippen LogP contribution in [-0.4, -0.2) is 29.4 Å². The first-order valence-corrected chi connectivity index (χ1v) is 8.48. The lowest BCUT2D eigenvalue weighted by atomic mass is 9.78. The second-order valence-corrected chi connectivity index (χ2v) is 6.84. The topological polar surface area (TPSA) is 32.3 Å². The molecule has 4 rings (SSSR count). The Bertz CT molecular complexity index is 515. The molecule has 0 aromatic heterocycles. The second-order valence-electron chi connectivity index (χ2n) is 6.84. The van der Waals surface area contributed by atoms with Crippen LogP contribution in [0.15, 0.2) is 24.3 Å². The maximum Gasteiger partial charge on any atom is 0.245 e. The standard InChI is InChI=1S/C18H24N2O/c21-18(16-12-14-7-1-3-9-15(14)19-16)20-11-5-8-13-6-2-4-10-17(13)20/h1,3,7,9,13,16-17,19H,2,4-6,8,10-12H2. The molecule has 1 saturated heterocycles. The van der Waals surface area contributed by atoms with Crippen LogP contribution < -0.4 is 5.32 Å². The van der Waals surface area contributed by atoms with Crippen LogP contribution in [0.5, 0.6) is 0 Å². The summed E-state index contributed by atoms with van der Waals surface area (Å²) in [5.74, 6) is 1.10. The molecule has 2 fully saturated rings. The summed E-state index contributed by atoms with van der Waals surface area (Å²) in [4.78, 5) is 15.2. The summed E-state index contributed by atoms with van der Waals surface area (Å²) in [6.07, 6.45) is 8.56. The predicted molar refractivity (Wildman–Crippen MR) is 84.2 cm³/mol. The lowest BCUT2D eigenvalue weighted by molar-refractivity contribution is -0.138. The Hall–Kier alpha value is -1.51. The van der Waals surface area contributed by atoms with Gasteiger partial charge in [0.15, 0.2) is 0 Å². The van der Waals surface area contributed by atoms with Crippen LogP contribution in [0.25, 0.3) is 0 Å². The van der Waals surface area contributed by atoms with Crippen LogP contribution in [0.3, 0.4) is 0 Å². The third-order valence-corrected chi connectivity index (χ3v) is 5.60. The van der Waals surface area contributed by atoms with Crippen LogP contribution in [0.4, 0.5) is 5.69 Å². The number of nitrogens with one attached hydrogen (secondary N) is 1. The Balaban J connectivity index is 1.50. The quantitative estimate of drug-likeness (QED) is 0.859. The Kier molecular flexibility index (Phi) is 3.36. The fourth-order valence-corrected chi connectivity index (χ4v) is 4.55. The van der Waals surface area contributed by atoms with Crippen molar-refractivity contribution in [3.05, 3.63) is 29.8 Å². The number of rotatable bonds is 1. The maximum absolute atomic E-state index is 13.0. The van der Waals surface area contributed by atoms with E-state index in [9.17, 15) is 4.79 Å². The van der Waals surface area contributed by atoms with Crippen molar-refractivity contribution in [2.45, 2.75) is 57.0 Å². The summed E-state index contributed by atoms with van der Waals surface area (Å²) in [6.45, 7) is 0.967. The molecular formula is C18H24N2O. The molecule has 3 aliphatic rings. The first kappa shape index (κ1) is 13.2. The lowest BCUT2D eigenvalue weighted by Crippen LogP contribution is -2.53. The molecule has 3 unspecified atom stereocenters. The average molecular weight is 284 g/mol. The average Bonchev–Trinajstić information content (AvgIpc) is 2.97. The number of anilines is 1. The molecule has 3 heteroatoms.